The zero-order chi connectivity index (χ0) is 25.5. The number of para-hydroxylation sites is 2. The van der Waals surface area contributed by atoms with E-state index < -0.39 is 0 Å². The molecule has 10 heteroatoms. The maximum atomic E-state index is 12.5. The van der Waals surface area contributed by atoms with Crippen molar-refractivity contribution in [3.05, 3.63) is 76.8 Å². The van der Waals surface area contributed by atoms with Crippen LogP contribution in [-0.2, 0) is 11.3 Å². The van der Waals surface area contributed by atoms with Gasteiger partial charge in [-0.2, -0.15) is 5.10 Å². The molecule has 3 aromatic carbocycles. The van der Waals surface area contributed by atoms with Gasteiger partial charge in [0.1, 0.15) is 5.75 Å². The molecule has 1 N–H and O–H groups in total. The van der Waals surface area contributed by atoms with Crippen LogP contribution in [0, 0.1) is 0 Å². The number of amides is 1. The van der Waals surface area contributed by atoms with Crippen LogP contribution in [0.5, 0.6) is 17.2 Å². The van der Waals surface area contributed by atoms with Crippen LogP contribution in [0.4, 0.5) is 0 Å². The first-order valence-electron chi connectivity index (χ1n) is 11.0. The van der Waals surface area contributed by atoms with E-state index in [-0.39, 0.29) is 11.7 Å². The van der Waals surface area contributed by atoms with E-state index in [0.29, 0.717) is 34.4 Å². The zero-order valence-electron chi connectivity index (χ0n) is 20.0. The second-order valence-corrected chi connectivity index (χ2v) is 9.01. The van der Waals surface area contributed by atoms with Gasteiger partial charge in [-0.1, -0.05) is 47.6 Å². The van der Waals surface area contributed by atoms with Crippen LogP contribution < -0.4 is 19.6 Å². The van der Waals surface area contributed by atoms with Crippen LogP contribution in [0.15, 0.2) is 70.9 Å². The third kappa shape index (κ3) is 5.92. The number of hydrogen-bond acceptors (Lipinski definition) is 7. The molecule has 1 heterocycles. The van der Waals surface area contributed by atoms with Crippen LogP contribution >= 0.6 is 23.4 Å². The number of hydrazone groups is 1. The summed E-state index contributed by atoms with van der Waals surface area (Å²) >= 11 is 7.38. The normalized spacial score (nSPS) is 11.1. The molecular formula is C26H25ClN4O4S. The monoisotopic (exact) mass is 524 g/mol. The molecule has 1 amide bonds. The van der Waals surface area contributed by atoms with E-state index in [9.17, 15) is 4.79 Å². The van der Waals surface area contributed by atoms with Gasteiger partial charge in [0.05, 0.1) is 50.9 Å². The Hall–Kier alpha value is -3.69. The molecule has 4 aromatic rings. The van der Waals surface area contributed by atoms with E-state index >= 15 is 0 Å². The molecule has 8 nitrogen and oxygen atoms in total. The van der Waals surface area contributed by atoms with Crippen molar-refractivity contribution in [2.24, 2.45) is 5.10 Å². The van der Waals surface area contributed by atoms with Gasteiger partial charge < -0.3 is 18.8 Å². The molecule has 0 saturated carbocycles. The lowest BCUT2D eigenvalue weighted by Crippen LogP contribution is -2.20. The average molecular weight is 525 g/mol. The first kappa shape index (κ1) is 25.4. The fourth-order valence-corrected chi connectivity index (χ4v) is 4.51. The Morgan fingerprint density at radius 2 is 1.72 bits per heavy atom. The third-order valence-corrected chi connectivity index (χ3v) is 6.56. The van der Waals surface area contributed by atoms with Crippen LogP contribution in [0.25, 0.3) is 11.0 Å². The van der Waals surface area contributed by atoms with Crippen LogP contribution in [0.3, 0.4) is 0 Å². The number of hydrogen-bond donors (Lipinski definition) is 1. The van der Waals surface area contributed by atoms with Crippen LogP contribution in [-0.4, -0.2) is 48.8 Å². The van der Waals surface area contributed by atoms with Crippen molar-refractivity contribution >= 4 is 46.5 Å². The highest BCUT2D eigenvalue weighted by atomic mass is 35.5. The molecule has 0 bridgehead atoms. The Morgan fingerprint density at radius 1 is 1.03 bits per heavy atom. The number of thioether (sulfide) groups is 1. The molecular weight excluding hydrogens is 500 g/mol. The summed E-state index contributed by atoms with van der Waals surface area (Å²) < 4.78 is 18.1. The number of carbonyl (C=O) groups excluding carboxylic acids is 1. The fraction of sp³-hybridized carbons (Fsp3) is 0.192. The van der Waals surface area contributed by atoms with Crippen molar-refractivity contribution in [1.82, 2.24) is 15.0 Å². The lowest BCUT2D eigenvalue weighted by molar-refractivity contribution is -0.118. The largest absolute Gasteiger partial charge is 0.496 e. The number of imidazole rings is 1. The van der Waals surface area contributed by atoms with E-state index in [1.807, 2.05) is 48.5 Å². The number of methoxy groups -OCH3 is 3. The van der Waals surface area contributed by atoms with Crippen molar-refractivity contribution in [3.8, 4) is 17.2 Å². The van der Waals surface area contributed by atoms with Gasteiger partial charge in [0.25, 0.3) is 5.91 Å². The van der Waals surface area contributed by atoms with Crippen LogP contribution in [0.2, 0.25) is 5.02 Å². The average Bonchev–Trinajstić information content (AvgIpc) is 3.25. The number of carbonyl (C=O) groups is 1. The minimum absolute atomic E-state index is 0.143. The Bertz CT molecular complexity index is 1390. The van der Waals surface area contributed by atoms with Gasteiger partial charge in [-0.3, -0.25) is 4.79 Å². The lowest BCUT2D eigenvalue weighted by atomic mass is 10.2. The van der Waals surface area contributed by atoms with Crippen molar-refractivity contribution in [2.45, 2.75) is 11.7 Å². The number of ether oxygens (including phenoxy) is 3. The molecule has 0 fully saturated rings. The van der Waals surface area contributed by atoms with E-state index in [0.717, 1.165) is 21.8 Å². The predicted octanol–water partition coefficient (Wildman–Crippen LogP) is 5.01. The van der Waals surface area contributed by atoms with E-state index in [1.165, 1.54) is 18.0 Å². The molecule has 186 valence electrons. The minimum Gasteiger partial charge on any atom is -0.496 e. The number of benzene rings is 3. The number of nitrogens with zero attached hydrogens (tertiary/aromatic N) is 3. The molecule has 0 aliphatic heterocycles. The SMILES string of the molecule is COc1cc(OC)c(OC)cc1C=NNC(=O)CSc1nc2ccccc2n1Cc1ccc(Cl)cc1. The van der Waals surface area contributed by atoms with Crippen molar-refractivity contribution < 1.29 is 19.0 Å². The Kier molecular flexibility index (Phi) is 8.35. The molecule has 0 atom stereocenters. The quantitative estimate of drug-likeness (QED) is 0.178. The molecule has 0 radical (unpaired) electrons. The molecule has 1 aromatic heterocycles. The van der Waals surface area contributed by atoms with Crippen molar-refractivity contribution in [2.75, 3.05) is 27.1 Å². The molecule has 4 rings (SSSR count). The second-order valence-electron chi connectivity index (χ2n) is 7.63. The van der Waals surface area contributed by atoms with Gasteiger partial charge >= 0.3 is 0 Å². The van der Waals surface area contributed by atoms with E-state index in [2.05, 4.69) is 15.1 Å². The Balaban J connectivity index is 1.45. The first-order valence-corrected chi connectivity index (χ1v) is 12.3. The van der Waals surface area contributed by atoms with Crippen molar-refractivity contribution in [1.29, 1.82) is 0 Å². The maximum absolute atomic E-state index is 12.5. The van der Waals surface area contributed by atoms with Gasteiger partial charge in [-0.25, -0.2) is 10.4 Å². The minimum atomic E-state index is -0.263. The Morgan fingerprint density at radius 3 is 2.44 bits per heavy atom. The number of fused-ring (bicyclic) bond motifs is 1. The summed E-state index contributed by atoms with van der Waals surface area (Å²) in [6, 6.07) is 19.0. The zero-order valence-corrected chi connectivity index (χ0v) is 21.6. The first-order chi connectivity index (χ1) is 17.5. The lowest BCUT2D eigenvalue weighted by Gasteiger charge is -2.11. The summed E-state index contributed by atoms with van der Waals surface area (Å²) in [7, 11) is 4.64. The maximum Gasteiger partial charge on any atom is 0.250 e. The summed E-state index contributed by atoms with van der Waals surface area (Å²) in [5, 5.41) is 5.51. The van der Waals surface area contributed by atoms with E-state index in [4.69, 9.17) is 30.8 Å². The molecule has 0 unspecified atom stereocenters. The molecule has 0 aliphatic carbocycles. The third-order valence-electron chi connectivity index (χ3n) is 5.33. The molecule has 36 heavy (non-hydrogen) atoms. The predicted molar refractivity (Wildman–Crippen MR) is 143 cm³/mol. The van der Waals surface area contributed by atoms with Gasteiger partial charge in [0, 0.05) is 16.7 Å². The second kappa shape index (κ2) is 11.8. The summed E-state index contributed by atoms with van der Waals surface area (Å²) in [6.07, 6.45) is 1.50. The number of aromatic nitrogens is 2. The van der Waals surface area contributed by atoms with Gasteiger partial charge in [0.2, 0.25) is 0 Å². The highest BCUT2D eigenvalue weighted by Crippen LogP contribution is 2.33. The summed E-state index contributed by atoms with van der Waals surface area (Å²) in [6.45, 7) is 0.610. The number of halogens is 1. The Labute approximate surface area is 218 Å². The fourth-order valence-electron chi connectivity index (χ4n) is 3.58. The number of rotatable bonds is 10. The molecule has 0 spiro atoms. The number of nitrogens with one attached hydrogen (secondary N) is 1. The smallest absolute Gasteiger partial charge is 0.250 e. The van der Waals surface area contributed by atoms with Gasteiger partial charge in [0.15, 0.2) is 16.7 Å². The molecule has 0 aliphatic rings. The standard InChI is InChI=1S/C26H25ClN4O4S/c1-33-22-13-24(35-3)23(34-2)12-18(22)14-28-30-25(32)16-36-26-29-20-6-4-5-7-21(20)31(26)15-17-8-10-19(27)11-9-17/h4-14H,15-16H2,1-3H3,(H,30,32). The van der Waals surface area contributed by atoms with Crippen LogP contribution in [0.1, 0.15) is 11.1 Å². The van der Waals surface area contributed by atoms with E-state index in [1.54, 1.807) is 33.5 Å². The highest BCUT2D eigenvalue weighted by molar-refractivity contribution is 7.99. The van der Waals surface area contributed by atoms with Crippen molar-refractivity contribution in [3.63, 3.8) is 0 Å². The highest BCUT2D eigenvalue weighted by Gasteiger charge is 2.14. The summed E-state index contributed by atoms with van der Waals surface area (Å²) in [5.41, 5.74) is 6.14. The summed E-state index contributed by atoms with van der Waals surface area (Å²) in [5.74, 6) is 1.48. The topological polar surface area (TPSA) is 87.0 Å². The molecule has 0 saturated heterocycles. The summed E-state index contributed by atoms with van der Waals surface area (Å²) in [4.78, 5) is 17.3. The van der Waals surface area contributed by atoms with Gasteiger partial charge in [-0.05, 0) is 35.9 Å². The van der Waals surface area contributed by atoms with Gasteiger partial charge in [-0.15, -0.1) is 0 Å².